The Morgan fingerprint density at radius 1 is 1.50 bits per heavy atom. The third kappa shape index (κ3) is 2.95. The van der Waals surface area contributed by atoms with Crippen LogP contribution in [0.3, 0.4) is 0 Å². The summed E-state index contributed by atoms with van der Waals surface area (Å²) < 4.78 is 4.84. The molecule has 4 heteroatoms. The Bertz CT molecular complexity index is 241. The third-order valence-electron chi connectivity index (χ3n) is 3.76. The topological polar surface area (TPSA) is 66.8 Å². The first kappa shape index (κ1) is 13.5. The third-order valence-corrected chi connectivity index (χ3v) is 3.76. The molecular weight excluding hydrogens is 208 g/mol. The van der Waals surface area contributed by atoms with Gasteiger partial charge in [-0.15, -0.1) is 0 Å². The molecule has 0 aromatic carbocycles. The van der Waals surface area contributed by atoms with Gasteiger partial charge in [-0.2, -0.15) is 0 Å². The Labute approximate surface area is 96.6 Å². The summed E-state index contributed by atoms with van der Waals surface area (Å²) in [6, 6.07) is 0. The molecule has 0 aromatic heterocycles. The number of carbonyl (C=O) groups excluding carboxylic acids is 1. The molecule has 0 aliphatic heterocycles. The smallest absolute Gasteiger partial charge is 0.302 e. The zero-order chi connectivity index (χ0) is 12.2. The maximum atomic E-state index is 10.6. The van der Waals surface area contributed by atoms with E-state index in [0.717, 1.165) is 12.8 Å². The molecule has 0 spiro atoms. The first-order chi connectivity index (χ1) is 7.50. The van der Waals surface area contributed by atoms with E-state index in [0.29, 0.717) is 19.4 Å². The molecule has 1 aliphatic carbocycles. The van der Waals surface area contributed by atoms with Crippen molar-refractivity contribution in [2.45, 2.75) is 45.1 Å². The molecule has 0 aromatic rings. The molecule has 94 valence electrons. The maximum Gasteiger partial charge on any atom is 0.302 e. The van der Waals surface area contributed by atoms with Gasteiger partial charge in [-0.3, -0.25) is 4.79 Å². The minimum atomic E-state index is -0.783. The fraction of sp³-hybridized carbons (Fsp3) is 0.917. The zero-order valence-corrected chi connectivity index (χ0v) is 10.1. The number of ether oxygens (including phenoxy) is 1. The number of aliphatic hydroxyl groups excluding tert-OH is 1. The average Bonchev–Trinajstić information content (AvgIpc) is 2.51. The van der Waals surface area contributed by atoms with Crippen LogP contribution >= 0.6 is 0 Å². The fourth-order valence-electron chi connectivity index (χ4n) is 2.62. The molecule has 4 nitrogen and oxygen atoms in total. The lowest BCUT2D eigenvalue weighted by Gasteiger charge is -2.33. The van der Waals surface area contributed by atoms with E-state index in [1.165, 1.54) is 6.92 Å². The lowest BCUT2D eigenvalue weighted by molar-refractivity contribution is -0.141. The largest absolute Gasteiger partial charge is 0.466 e. The van der Waals surface area contributed by atoms with E-state index in [9.17, 15) is 15.0 Å². The monoisotopic (exact) mass is 230 g/mol. The predicted molar refractivity (Wildman–Crippen MR) is 59.8 cm³/mol. The quantitative estimate of drug-likeness (QED) is 0.548. The summed E-state index contributed by atoms with van der Waals surface area (Å²) in [4.78, 5) is 10.6. The lowest BCUT2D eigenvalue weighted by Crippen LogP contribution is -2.40. The van der Waals surface area contributed by atoms with Crippen molar-refractivity contribution in [3.05, 3.63) is 0 Å². The highest BCUT2D eigenvalue weighted by molar-refractivity contribution is 5.65. The molecule has 0 amide bonds. The first-order valence-corrected chi connectivity index (χ1v) is 5.97. The highest BCUT2D eigenvalue weighted by Crippen LogP contribution is 2.43. The Morgan fingerprint density at radius 3 is 2.75 bits per heavy atom. The second kappa shape index (κ2) is 5.64. The molecule has 1 fully saturated rings. The van der Waals surface area contributed by atoms with Crippen LogP contribution in [0.15, 0.2) is 0 Å². The van der Waals surface area contributed by atoms with Gasteiger partial charge in [0.25, 0.3) is 0 Å². The van der Waals surface area contributed by atoms with E-state index in [1.807, 2.05) is 6.92 Å². The van der Waals surface area contributed by atoms with E-state index >= 15 is 0 Å². The van der Waals surface area contributed by atoms with Crippen LogP contribution in [0, 0.1) is 11.8 Å². The lowest BCUT2D eigenvalue weighted by atomic mass is 9.81. The number of aliphatic hydroxyl groups is 2. The van der Waals surface area contributed by atoms with Crippen LogP contribution in [0.5, 0.6) is 0 Å². The summed E-state index contributed by atoms with van der Waals surface area (Å²) in [7, 11) is 0. The van der Waals surface area contributed by atoms with Crippen molar-refractivity contribution in [2.24, 2.45) is 11.8 Å². The minimum Gasteiger partial charge on any atom is -0.466 e. The van der Waals surface area contributed by atoms with Crippen molar-refractivity contribution in [1.29, 1.82) is 0 Å². The van der Waals surface area contributed by atoms with E-state index in [2.05, 4.69) is 0 Å². The normalized spacial score (nSPS) is 34.0. The molecule has 1 saturated carbocycles. The van der Waals surface area contributed by atoms with Gasteiger partial charge in [0.05, 0.1) is 12.2 Å². The van der Waals surface area contributed by atoms with Crippen LogP contribution in [-0.4, -0.2) is 35.0 Å². The molecule has 0 saturated heterocycles. The molecule has 1 rings (SSSR count). The van der Waals surface area contributed by atoms with Gasteiger partial charge in [-0.05, 0) is 31.6 Å². The summed E-state index contributed by atoms with van der Waals surface area (Å²) in [5.41, 5.74) is -0.783. The highest BCUT2D eigenvalue weighted by atomic mass is 16.5. The number of rotatable bonds is 5. The van der Waals surface area contributed by atoms with Gasteiger partial charge in [0.15, 0.2) is 0 Å². The average molecular weight is 230 g/mol. The molecule has 0 unspecified atom stereocenters. The van der Waals surface area contributed by atoms with E-state index < -0.39 is 5.60 Å². The van der Waals surface area contributed by atoms with Crippen LogP contribution in [0.1, 0.15) is 39.5 Å². The van der Waals surface area contributed by atoms with E-state index in [1.54, 1.807) is 0 Å². The van der Waals surface area contributed by atoms with Crippen molar-refractivity contribution < 1.29 is 19.7 Å². The predicted octanol–water partition coefficient (Wildman–Crippen LogP) is 1.10. The van der Waals surface area contributed by atoms with Crippen LogP contribution in [0.4, 0.5) is 0 Å². The SMILES string of the molecule is CC(=O)OCCC[C@]1(O)[C@H](CO)CC[C@@H]1C. The first-order valence-electron chi connectivity index (χ1n) is 5.97. The Hall–Kier alpha value is -0.610. The minimum absolute atomic E-state index is 0.0279. The summed E-state index contributed by atoms with van der Waals surface area (Å²) in [6.45, 7) is 3.78. The second-order valence-electron chi connectivity index (χ2n) is 4.79. The molecular formula is C12H22O4. The van der Waals surface area contributed by atoms with Gasteiger partial charge in [-0.1, -0.05) is 6.92 Å². The maximum absolute atomic E-state index is 10.6. The number of hydrogen-bond acceptors (Lipinski definition) is 4. The van der Waals surface area contributed by atoms with Crippen molar-refractivity contribution >= 4 is 5.97 Å². The van der Waals surface area contributed by atoms with Crippen molar-refractivity contribution in [2.75, 3.05) is 13.2 Å². The van der Waals surface area contributed by atoms with Gasteiger partial charge in [0.1, 0.15) is 0 Å². The highest BCUT2D eigenvalue weighted by Gasteiger charge is 2.45. The standard InChI is InChI=1S/C12H22O4/c1-9-4-5-11(8-13)12(9,15)6-3-7-16-10(2)14/h9,11,13,15H,3-8H2,1-2H3/t9-,11-,12+/m0/s1. The van der Waals surface area contributed by atoms with Crippen LogP contribution in [0.2, 0.25) is 0 Å². The van der Waals surface area contributed by atoms with Crippen molar-refractivity contribution in [3.8, 4) is 0 Å². The van der Waals surface area contributed by atoms with Crippen molar-refractivity contribution in [1.82, 2.24) is 0 Å². The number of carbonyl (C=O) groups is 1. The molecule has 2 N–H and O–H groups in total. The fourth-order valence-corrected chi connectivity index (χ4v) is 2.62. The second-order valence-corrected chi connectivity index (χ2v) is 4.79. The molecule has 3 atom stereocenters. The molecule has 0 bridgehead atoms. The molecule has 16 heavy (non-hydrogen) atoms. The number of hydrogen-bond donors (Lipinski definition) is 2. The molecule has 1 aliphatic rings. The summed E-state index contributed by atoms with van der Waals surface area (Å²) in [5, 5.41) is 19.7. The van der Waals surface area contributed by atoms with E-state index in [-0.39, 0.29) is 24.4 Å². The zero-order valence-electron chi connectivity index (χ0n) is 10.1. The van der Waals surface area contributed by atoms with Gasteiger partial charge >= 0.3 is 5.97 Å². The molecule has 0 heterocycles. The summed E-state index contributed by atoms with van der Waals surface area (Å²) in [6.07, 6.45) is 3.07. The van der Waals surface area contributed by atoms with Crippen LogP contribution in [0.25, 0.3) is 0 Å². The Kier molecular flexibility index (Phi) is 4.74. The summed E-state index contributed by atoms with van der Waals surface area (Å²) in [5.74, 6) is -0.105. The van der Waals surface area contributed by atoms with Gasteiger partial charge in [0, 0.05) is 19.4 Å². The Balaban J connectivity index is 2.40. The van der Waals surface area contributed by atoms with Crippen LogP contribution < -0.4 is 0 Å². The van der Waals surface area contributed by atoms with Gasteiger partial charge in [-0.25, -0.2) is 0 Å². The van der Waals surface area contributed by atoms with Gasteiger partial charge in [0.2, 0.25) is 0 Å². The summed E-state index contributed by atoms with van der Waals surface area (Å²) >= 11 is 0. The van der Waals surface area contributed by atoms with E-state index in [4.69, 9.17) is 4.74 Å². The molecule has 0 radical (unpaired) electrons. The van der Waals surface area contributed by atoms with Crippen LogP contribution in [-0.2, 0) is 9.53 Å². The van der Waals surface area contributed by atoms with Crippen molar-refractivity contribution in [3.63, 3.8) is 0 Å². The number of esters is 1. The Morgan fingerprint density at radius 2 is 2.19 bits per heavy atom. The van der Waals surface area contributed by atoms with Gasteiger partial charge < -0.3 is 14.9 Å².